The molecule has 0 fully saturated rings. The Morgan fingerprint density at radius 3 is 2.41 bits per heavy atom. The summed E-state index contributed by atoms with van der Waals surface area (Å²) < 4.78 is 6.12. The highest BCUT2D eigenvalue weighted by Gasteiger charge is 2.11. The van der Waals surface area contributed by atoms with Gasteiger partial charge < -0.3 is 4.42 Å². The Labute approximate surface area is 128 Å². The van der Waals surface area contributed by atoms with Crippen LogP contribution in [0.3, 0.4) is 0 Å². The van der Waals surface area contributed by atoms with Gasteiger partial charge in [0.2, 0.25) is 0 Å². The molecule has 0 atom stereocenters. The van der Waals surface area contributed by atoms with Gasteiger partial charge in [0.05, 0.1) is 0 Å². The van der Waals surface area contributed by atoms with E-state index in [1.54, 1.807) is 0 Å². The molecule has 0 aliphatic rings. The Hall–Kier alpha value is -2.80. The molecule has 0 bridgehead atoms. The summed E-state index contributed by atoms with van der Waals surface area (Å²) >= 11 is 0. The van der Waals surface area contributed by atoms with Gasteiger partial charge in [0.25, 0.3) is 0 Å². The quantitative estimate of drug-likeness (QED) is 0.510. The lowest BCUT2D eigenvalue weighted by Gasteiger charge is -2.03. The third-order valence-electron chi connectivity index (χ3n) is 4.23. The molecule has 0 aliphatic carbocycles. The predicted octanol–water partition coefficient (Wildman–Crippen LogP) is 4.22. The SMILES string of the molecule is C=c1cccc/c1=C(/C)c1cccc2c1oc1ccccc12. The van der Waals surface area contributed by atoms with E-state index in [0.717, 1.165) is 37.9 Å². The number of rotatable bonds is 1. The van der Waals surface area contributed by atoms with Gasteiger partial charge in [-0.2, -0.15) is 0 Å². The van der Waals surface area contributed by atoms with Gasteiger partial charge in [-0.15, -0.1) is 0 Å². The van der Waals surface area contributed by atoms with Gasteiger partial charge in [-0.1, -0.05) is 67.2 Å². The smallest absolute Gasteiger partial charge is 0.142 e. The highest BCUT2D eigenvalue weighted by Crippen LogP contribution is 2.32. The van der Waals surface area contributed by atoms with E-state index in [-0.39, 0.29) is 0 Å². The van der Waals surface area contributed by atoms with Crippen molar-refractivity contribution >= 4 is 34.1 Å². The van der Waals surface area contributed by atoms with Crippen molar-refractivity contribution < 1.29 is 4.42 Å². The van der Waals surface area contributed by atoms with Gasteiger partial charge in [0, 0.05) is 16.3 Å². The van der Waals surface area contributed by atoms with Crippen LogP contribution in [-0.4, -0.2) is 0 Å². The minimum atomic E-state index is 0.931. The average Bonchev–Trinajstić information content (AvgIpc) is 2.93. The fourth-order valence-electron chi connectivity index (χ4n) is 3.07. The molecule has 1 heteroatoms. The zero-order chi connectivity index (χ0) is 15.1. The Morgan fingerprint density at radius 2 is 1.55 bits per heavy atom. The van der Waals surface area contributed by atoms with E-state index in [9.17, 15) is 0 Å². The van der Waals surface area contributed by atoms with E-state index in [4.69, 9.17) is 4.42 Å². The van der Waals surface area contributed by atoms with Gasteiger partial charge in [0.15, 0.2) is 0 Å². The van der Waals surface area contributed by atoms with Gasteiger partial charge in [0.1, 0.15) is 11.2 Å². The second-order valence-corrected chi connectivity index (χ2v) is 5.56. The van der Waals surface area contributed by atoms with Gasteiger partial charge in [-0.3, -0.25) is 0 Å². The van der Waals surface area contributed by atoms with Gasteiger partial charge >= 0.3 is 0 Å². The number of hydrogen-bond acceptors (Lipinski definition) is 1. The van der Waals surface area contributed by atoms with Crippen molar-refractivity contribution in [3.8, 4) is 0 Å². The molecule has 0 radical (unpaired) electrons. The van der Waals surface area contributed by atoms with Crippen LogP contribution in [0.5, 0.6) is 0 Å². The molecule has 0 saturated heterocycles. The number of furan rings is 1. The number of hydrogen-bond donors (Lipinski definition) is 0. The number of fused-ring (bicyclic) bond motifs is 3. The minimum Gasteiger partial charge on any atom is -0.455 e. The maximum absolute atomic E-state index is 6.12. The number of benzene rings is 3. The van der Waals surface area contributed by atoms with Gasteiger partial charge in [-0.25, -0.2) is 0 Å². The lowest BCUT2D eigenvalue weighted by atomic mass is 10.0. The fourth-order valence-corrected chi connectivity index (χ4v) is 3.07. The molecule has 0 saturated carbocycles. The van der Waals surface area contributed by atoms with Crippen LogP contribution in [-0.2, 0) is 0 Å². The molecule has 1 aromatic heterocycles. The highest BCUT2D eigenvalue weighted by atomic mass is 16.3. The first-order valence-electron chi connectivity index (χ1n) is 7.41. The lowest BCUT2D eigenvalue weighted by molar-refractivity contribution is 0.667. The Bertz CT molecular complexity index is 1100. The molecular weight excluding hydrogens is 268 g/mol. The summed E-state index contributed by atoms with van der Waals surface area (Å²) in [4.78, 5) is 0. The first-order valence-corrected chi connectivity index (χ1v) is 7.41. The van der Waals surface area contributed by atoms with Crippen LogP contribution in [0.15, 0.2) is 71.1 Å². The van der Waals surface area contributed by atoms with Crippen molar-refractivity contribution in [3.63, 3.8) is 0 Å². The van der Waals surface area contributed by atoms with E-state index < -0.39 is 0 Å². The van der Waals surface area contributed by atoms with E-state index in [1.165, 1.54) is 5.57 Å². The molecule has 0 amide bonds. The third-order valence-corrected chi connectivity index (χ3v) is 4.23. The monoisotopic (exact) mass is 284 g/mol. The molecule has 1 heterocycles. The summed E-state index contributed by atoms with van der Waals surface area (Å²) in [7, 11) is 0. The van der Waals surface area contributed by atoms with Crippen molar-refractivity contribution in [2.45, 2.75) is 6.92 Å². The summed E-state index contributed by atoms with van der Waals surface area (Å²) in [6.45, 7) is 6.27. The van der Waals surface area contributed by atoms with E-state index in [0.29, 0.717) is 0 Å². The van der Waals surface area contributed by atoms with E-state index in [1.807, 2.05) is 36.4 Å². The topological polar surface area (TPSA) is 13.1 Å². The van der Waals surface area contributed by atoms with Crippen LogP contribution in [0, 0.1) is 0 Å². The van der Waals surface area contributed by atoms with Crippen LogP contribution < -0.4 is 10.4 Å². The second kappa shape index (κ2) is 4.88. The summed E-state index contributed by atoms with van der Waals surface area (Å²) in [5.41, 5.74) is 4.20. The summed E-state index contributed by atoms with van der Waals surface area (Å²) in [5, 5.41) is 4.52. The van der Waals surface area contributed by atoms with Crippen LogP contribution in [0.2, 0.25) is 0 Å². The standard InChI is InChI=1S/C21H16O/c1-14-8-3-4-9-16(14)15(2)17-11-7-12-19-18-10-5-6-13-20(18)22-21(17)19/h3-13H,1H2,2H3/b16-15+. The molecule has 4 aromatic rings. The largest absolute Gasteiger partial charge is 0.455 e. The predicted molar refractivity (Wildman–Crippen MR) is 93.1 cm³/mol. The number of para-hydroxylation sites is 2. The molecule has 0 spiro atoms. The zero-order valence-corrected chi connectivity index (χ0v) is 12.5. The van der Waals surface area contributed by atoms with Crippen molar-refractivity contribution in [3.05, 3.63) is 82.7 Å². The molecule has 106 valence electrons. The molecule has 0 N–H and O–H groups in total. The summed E-state index contributed by atoms with van der Waals surface area (Å²) in [5.74, 6) is 0. The van der Waals surface area contributed by atoms with Crippen LogP contribution in [0.25, 0.3) is 34.1 Å². The molecule has 22 heavy (non-hydrogen) atoms. The summed E-state index contributed by atoms with van der Waals surface area (Å²) in [6.07, 6.45) is 0. The third kappa shape index (κ3) is 1.86. The van der Waals surface area contributed by atoms with Crippen molar-refractivity contribution in [1.82, 2.24) is 0 Å². The van der Waals surface area contributed by atoms with Crippen molar-refractivity contribution in [2.24, 2.45) is 0 Å². The first-order chi connectivity index (χ1) is 10.8. The second-order valence-electron chi connectivity index (χ2n) is 5.56. The molecule has 1 nitrogen and oxygen atoms in total. The minimum absolute atomic E-state index is 0.931. The fraction of sp³-hybridized carbons (Fsp3) is 0.0476. The molecular formula is C21H16O. The van der Waals surface area contributed by atoms with E-state index in [2.05, 4.69) is 43.8 Å². The Morgan fingerprint density at radius 1 is 0.818 bits per heavy atom. The summed E-state index contributed by atoms with van der Waals surface area (Å²) in [6, 6.07) is 22.7. The Balaban J connectivity index is 2.15. The molecule has 3 aromatic carbocycles. The van der Waals surface area contributed by atoms with Crippen molar-refractivity contribution in [2.75, 3.05) is 0 Å². The van der Waals surface area contributed by atoms with Gasteiger partial charge in [-0.05, 0) is 29.0 Å². The zero-order valence-electron chi connectivity index (χ0n) is 12.5. The maximum Gasteiger partial charge on any atom is 0.142 e. The van der Waals surface area contributed by atoms with E-state index >= 15 is 0 Å². The van der Waals surface area contributed by atoms with Crippen LogP contribution in [0.4, 0.5) is 0 Å². The van der Waals surface area contributed by atoms with Crippen LogP contribution in [0.1, 0.15) is 12.5 Å². The first kappa shape index (κ1) is 12.9. The average molecular weight is 284 g/mol. The highest BCUT2D eigenvalue weighted by molar-refractivity contribution is 6.07. The molecule has 4 rings (SSSR count). The maximum atomic E-state index is 6.12. The lowest BCUT2D eigenvalue weighted by Crippen LogP contribution is -2.24. The Kier molecular flexibility index (Phi) is 2.87. The normalized spacial score (nSPS) is 12.8. The molecule has 0 aliphatic heterocycles. The molecule has 0 unspecified atom stereocenters. The van der Waals surface area contributed by atoms with Crippen LogP contribution >= 0.6 is 0 Å². The van der Waals surface area contributed by atoms with Crippen molar-refractivity contribution in [1.29, 1.82) is 0 Å².